The Bertz CT molecular complexity index is 509. The standard InChI is InChI=1S/C16H23N3O/c1-4-11-17-15(14-10-12-18-19(14)2)16(20-3)13-8-6-5-7-9-13/h5-10,12,15-17H,4,11H2,1-3H3. The van der Waals surface area contributed by atoms with Crippen LogP contribution in [0.3, 0.4) is 0 Å². The molecule has 0 bridgehead atoms. The van der Waals surface area contributed by atoms with Crippen LogP contribution in [0.5, 0.6) is 0 Å². The van der Waals surface area contributed by atoms with E-state index in [2.05, 4.69) is 29.5 Å². The molecule has 0 aliphatic heterocycles. The number of hydrogen-bond donors (Lipinski definition) is 1. The van der Waals surface area contributed by atoms with Crippen molar-refractivity contribution in [2.45, 2.75) is 25.5 Å². The predicted octanol–water partition coefficient (Wildman–Crippen LogP) is 2.85. The average molecular weight is 273 g/mol. The van der Waals surface area contributed by atoms with Crippen molar-refractivity contribution in [3.8, 4) is 0 Å². The van der Waals surface area contributed by atoms with Crippen LogP contribution in [0.2, 0.25) is 0 Å². The summed E-state index contributed by atoms with van der Waals surface area (Å²) in [6.45, 7) is 3.11. The van der Waals surface area contributed by atoms with Crippen LogP contribution < -0.4 is 5.32 Å². The zero-order chi connectivity index (χ0) is 14.4. The SMILES string of the molecule is CCCNC(c1ccnn1C)C(OC)c1ccccc1. The van der Waals surface area contributed by atoms with E-state index in [9.17, 15) is 0 Å². The third-order valence-electron chi connectivity index (χ3n) is 3.48. The van der Waals surface area contributed by atoms with Crippen LogP contribution >= 0.6 is 0 Å². The van der Waals surface area contributed by atoms with Crippen LogP contribution in [0.1, 0.15) is 36.7 Å². The molecular weight excluding hydrogens is 250 g/mol. The molecule has 0 aliphatic carbocycles. The number of aryl methyl sites for hydroxylation is 1. The Balaban J connectivity index is 2.31. The summed E-state index contributed by atoms with van der Waals surface area (Å²) >= 11 is 0. The number of methoxy groups -OCH3 is 1. The predicted molar refractivity (Wildman–Crippen MR) is 80.4 cm³/mol. The lowest BCUT2D eigenvalue weighted by Crippen LogP contribution is -2.30. The Kier molecular flexibility index (Phi) is 5.32. The van der Waals surface area contributed by atoms with Gasteiger partial charge in [0.15, 0.2) is 0 Å². The van der Waals surface area contributed by atoms with E-state index >= 15 is 0 Å². The first kappa shape index (κ1) is 14.8. The maximum Gasteiger partial charge on any atom is 0.103 e. The van der Waals surface area contributed by atoms with Crippen molar-refractivity contribution < 1.29 is 4.74 Å². The van der Waals surface area contributed by atoms with Crippen LogP contribution in [0.25, 0.3) is 0 Å². The van der Waals surface area contributed by atoms with Gasteiger partial charge in [-0.25, -0.2) is 0 Å². The number of nitrogens with zero attached hydrogens (tertiary/aromatic N) is 2. The highest BCUT2D eigenvalue weighted by atomic mass is 16.5. The quantitative estimate of drug-likeness (QED) is 0.843. The molecule has 0 spiro atoms. The fraction of sp³-hybridized carbons (Fsp3) is 0.438. The second-order valence-corrected chi connectivity index (χ2v) is 4.88. The van der Waals surface area contributed by atoms with Crippen molar-refractivity contribution in [3.63, 3.8) is 0 Å². The second-order valence-electron chi connectivity index (χ2n) is 4.88. The molecule has 0 saturated heterocycles. The fourth-order valence-electron chi connectivity index (χ4n) is 2.46. The van der Waals surface area contributed by atoms with Gasteiger partial charge in [0.25, 0.3) is 0 Å². The number of benzene rings is 1. The molecule has 1 aromatic heterocycles. The van der Waals surface area contributed by atoms with Crippen molar-refractivity contribution in [1.82, 2.24) is 15.1 Å². The summed E-state index contributed by atoms with van der Waals surface area (Å²) in [5.74, 6) is 0. The summed E-state index contributed by atoms with van der Waals surface area (Å²) < 4.78 is 7.68. The molecule has 0 aliphatic rings. The van der Waals surface area contributed by atoms with E-state index in [4.69, 9.17) is 4.74 Å². The maximum atomic E-state index is 5.77. The van der Waals surface area contributed by atoms with Crippen molar-refractivity contribution in [3.05, 3.63) is 53.9 Å². The number of aromatic nitrogens is 2. The lowest BCUT2D eigenvalue weighted by Gasteiger charge is -2.27. The van der Waals surface area contributed by atoms with Gasteiger partial charge < -0.3 is 10.1 Å². The Morgan fingerprint density at radius 3 is 2.55 bits per heavy atom. The van der Waals surface area contributed by atoms with Crippen LogP contribution in [0.4, 0.5) is 0 Å². The molecule has 108 valence electrons. The van der Waals surface area contributed by atoms with Gasteiger partial charge in [-0.3, -0.25) is 4.68 Å². The lowest BCUT2D eigenvalue weighted by molar-refractivity contribution is 0.0649. The highest BCUT2D eigenvalue weighted by Crippen LogP contribution is 2.31. The number of hydrogen-bond acceptors (Lipinski definition) is 3. The normalized spacial score (nSPS) is 14.2. The molecule has 1 N–H and O–H groups in total. The molecule has 0 saturated carbocycles. The van der Waals surface area contributed by atoms with Crippen molar-refractivity contribution >= 4 is 0 Å². The molecule has 2 rings (SSSR count). The Morgan fingerprint density at radius 1 is 1.25 bits per heavy atom. The van der Waals surface area contributed by atoms with Crippen LogP contribution in [0, 0.1) is 0 Å². The molecule has 1 aromatic carbocycles. The lowest BCUT2D eigenvalue weighted by atomic mass is 9.99. The molecule has 0 amide bonds. The third kappa shape index (κ3) is 3.26. The Labute approximate surface area is 120 Å². The first-order valence-electron chi connectivity index (χ1n) is 7.07. The first-order chi connectivity index (χ1) is 9.77. The van der Waals surface area contributed by atoms with E-state index in [0.29, 0.717) is 0 Å². The minimum atomic E-state index is -0.0295. The molecule has 2 atom stereocenters. The fourth-order valence-corrected chi connectivity index (χ4v) is 2.46. The van der Waals surface area contributed by atoms with Crippen molar-refractivity contribution in [2.24, 2.45) is 7.05 Å². The van der Waals surface area contributed by atoms with Crippen LogP contribution in [0.15, 0.2) is 42.6 Å². The Morgan fingerprint density at radius 2 is 2.00 bits per heavy atom. The van der Waals surface area contributed by atoms with E-state index in [-0.39, 0.29) is 12.1 Å². The summed E-state index contributed by atoms with van der Waals surface area (Å²) in [7, 11) is 3.72. The topological polar surface area (TPSA) is 39.1 Å². The number of rotatable bonds is 7. The second kappa shape index (κ2) is 7.22. The van der Waals surface area contributed by atoms with Gasteiger partial charge in [0.05, 0.1) is 11.7 Å². The van der Waals surface area contributed by atoms with Gasteiger partial charge in [0.1, 0.15) is 6.10 Å². The van der Waals surface area contributed by atoms with Gasteiger partial charge in [-0.15, -0.1) is 0 Å². The summed E-state index contributed by atoms with van der Waals surface area (Å²) in [6, 6.07) is 12.4. The molecule has 0 fully saturated rings. The molecule has 1 heterocycles. The number of ether oxygens (including phenoxy) is 1. The summed E-state index contributed by atoms with van der Waals surface area (Å²) in [5.41, 5.74) is 2.30. The molecule has 4 heteroatoms. The zero-order valence-corrected chi connectivity index (χ0v) is 12.4. The van der Waals surface area contributed by atoms with Gasteiger partial charge in [-0.1, -0.05) is 37.3 Å². The molecule has 20 heavy (non-hydrogen) atoms. The minimum absolute atomic E-state index is 0.0295. The summed E-state index contributed by atoms with van der Waals surface area (Å²) in [5, 5.41) is 7.85. The molecule has 2 unspecified atom stereocenters. The zero-order valence-electron chi connectivity index (χ0n) is 12.4. The molecule has 4 nitrogen and oxygen atoms in total. The molecular formula is C16H23N3O. The first-order valence-corrected chi connectivity index (χ1v) is 7.07. The smallest absolute Gasteiger partial charge is 0.103 e. The van der Waals surface area contributed by atoms with Crippen molar-refractivity contribution in [1.29, 1.82) is 0 Å². The molecule has 0 radical (unpaired) electrons. The Hall–Kier alpha value is -1.65. The van der Waals surface area contributed by atoms with Crippen molar-refractivity contribution in [2.75, 3.05) is 13.7 Å². The van der Waals surface area contributed by atoms with E-state index in [1.807, 2.05) is 42.2 Å². The van der Waals surface area contributed by atoms with Gasteiger partial charge in [0.2, 0.25) is 0 Å². The number of nitrogens with one attached hydrogen (secondary N) is 1. The highest BCUT2D eigenvalue weighted by Gasteiger charge is 2.26. The highest BCUT2D eigenvalue weighted by molar-refractivity contribution is 5.22. The van der Waals surface area contributed by atoms with E-state index in [1.165, 1.54) is 5.56 Å². The van der Waals surface area contributed by atoms with E-state index in [0.717, 1.165) is 18.7 Å². The monoisotopic (exact) mass is 273 g/mol. The van der Waals surface area contributed by atoms with Crippen LogP contribution in [-0.4, -0.2) is 23.4 Å². The minimum Gasteiger partial charge on any atom is -0.375 e. The van der Waals surface area contributed by atoms with Crippen LogP contribution in [-0.2, 0) is 11.8 Å². The van der Waals surface area contributed by atoms with Gasteiger partial charge >= 0.3 is 0 Å². The van der Waals surface area contributed by atoms with Gasteiger partial charge in [-0.05, 0) is 24.6 Å². The summed E-state index contributed by atoms with van der Waals surface area (Å²) in [4.78, 5) is 0. The summed E-state index contributed by atoms with van der Waals surface area (Å²) in [6.07, 6.45) is 2.88. The average Bonchev–Trinajstić information content (AvgIpc) is 2.90. The maximum absolute atomic E-state index is 5.77. The molecule has 2 aromatic rings. The third-order valence-corrected chi connectivity index (χ3v) is 3.48. The van der Waals surface area contributed by atoms with Gasteiger partial charge in [0, 0.05) is 20.4 Å². The largest absolute Gasteiger partial charge is 0.375 e. The van der Waals surface area contributed by atoms with E-state index in [1.54, 1.807) is 7.11 Å². The van der Waals surface area contributed by atoms with E-state index < -0.39 is 0 Å². The van der Waals surface area contributed by atoms with Gasteiger partial charge in [-0.2, -0.15) is 5.10 Å².